The van der Waals surface area contributed by atoms with Crippen molar-refractivity contribution in [1.29, 1.82) is 0 Å². The predicted octanol–water partition coefficient (Wildman–Crippen LogP) is 3.95. The zero-order valence-corrected chi connectivity index (χ0v) is 12.9. The number of aliphatic hydroxyl groups is 1. The Hall–Kier alpha value is -0.840. The smallest absolute Gasteiger partial charge is 0.0701 e. The third-order valence-corrected chi connectivity index (χ3v) is 4.45. The van der Waals surface area contributed by atoms with Crippen molar-refractivity contribution in [2.24, 2.45) is 0 Å². The summed E-state index contributed by atoms with van der Waals surface area (Å²) >= 11 is 5.19. The number of rotatable bonds is 4. The van der Waals surface area contributed by atoms with Crippen molar-refractivity contribution in [3.63, 3.8) is 0 Å². The number of anilines is 1. The van der Waals surface area contributed by atoms with E-state index in [9.17, 15) is 0 Å². The summed E-state index contributed by atoms with van der Waals surface area (Å²) in [5.74, 6) is 0. The number of nitrogens with zero attached hydrogens (tertiary/aromatic N) is 1. The average molecular weight is 326 g/mol. The second-order valence-electron chi connectivity index (χ2n) is 4.39. The summed E-state index contributed by atoms with van der Waals surface area (Å²) in [6.45, 7) is 3.07. The highest BCUT2D eigenvalue weighted by molar-refractivity contribution is 9.11. The van der Waals surface area contributed by atoms with Crippen molar-refractivity contribution in [1.82, 2.24) is 0 Å². The van der Waals surface area contributed by atoms with Crippen LogP contribution in [0.4, 0.5) is 5.69 Å². The molecule has 2 nitrogen and oxygen atoms in total. The van der Waals surface area contributed by atoms with Crippen LogP contribution in [0.5, 0.6) is 0 Å². The van der Waals surface area contributed by atoms with Gasteiger partial charge in [-0.15, -0.1) is 11.3 Å². The molecule has 0 bridgehead atoms. The Balaban J connectivity index is 2.15. The molecule has 1 heterocycles. The van der Waals surface area contributed by atoms with Crippen LogP contribution in [0.3, 0.4) is 0 Å². The van der Waals surface area contributed by atoms with Crippen molar-refractivity contribution < 1.29 is 5.11 Å². The third kappa shape index (κ3) is 3.13. The van der Waals surface area contributed by atoms with Crippen LogP contribution in [0.15, 0.2) is 33.4 Å². The Morgan fingerprint density at radius 3 is 2.61 bits per heavy atom. The normalized spacial score (nSPS) is 10.7. The fourth-order valence-electron chi connectivity index (χ4n) is 2.03. The third-order valence-electron chi connectivity index (χ3n) is 2.90. The molecule has 2 rings (SSSR count). The van der Waals surface area contributed by atoms with Gasteiger partial charge in [0.1, 0.15) is 0 Å². The van der Waals surface area contributed by atoms with Gasteiger partial charge in [0.25, 0.3) is 0 Å². The van der Waals surface area contributed by atoms with Crippen LogP contribution in [0.2, 0.25) is 0 Å². The van der Waals surface area contributed by atoms with E-state index in [-0.39, 0.29) is 6.61 Å². The number of benzene rings is 1. The maximum atomic E-state index is 9.11. The summed E-state index contributed by atoms with van der Waals surface area (Å²) in [6.07, 6.45) is 0. The Kier molecular flexibility index (Phi) is 4.43. The van der Waals surface area contributed by atoms with Gasteiger partial charge in [0.05, 0.1) is 10.4 Å². The van der Waals surface area contributed by atoms with Gasteiger partial charge >= 0.3 is 0 Å². The standard InChI is InChI=1S/C14H16BrNOS/c1-10-5-11(8-17)3-4-13(10)16(2)7-12-6-14(15)18-9-12/h3-6,9,17H,7-8H2,1-2H3. The van der Waals surface area contributed by atoms with Gasteiger partial charge in [0.15, 0.2) is 0 Å². The summed E-state index contributed by atoms with van der Waals surface area (Å²) in [6, 6.07) is 8.23. The number of thiophene rings is 1. The van der Waals surface area contributed by atoms with E-state index in [4.69, 9.17) is 5.11 Å². The van der Waals surface area contributed by atoms with Gasteiger partial charge in [-0.05, 0) is 57.1 Å². The van der Waals surface area contributed by atoms with Crippen molar-refractivity contribution in [3.05, 3.63) is 50.1 Å². The first-order valence-electron chi connectivity index (χ1n) is 5.74. The number of halogens is 1. The van der Waals surface area contributed by atoms with Crippen LogP contribution in [0.1, 0.15) is 16.7 Å². The summed E-state index contributed by atoms with van der Waals surface area (Å²) in [5.41, 5.74) is 4.66. The number of aryl methyl sites for hydroxylation is 1. The van der Waals surface area contributed by atoms with Crippen molar-refractivity contribution in [3.8, 4) is 0 Å². The van der Waals surface area contributed by atoms with Gasteiger partial charge in [0, 0.05) is 19.3 Å². The molecule has 0 atom stereocenters. The molecule has 0 spiro atoms. The van der Waals surface area contributed by atoms with E-state index in [0.717, 1.165) is 12.1 Å². The predicted molar refractivity (Wildman–Crippen MR) is 81.2 cm³/mol. The second kappa shape index (κ2) is 5.87. The minimum absolute atomic E-state index is 0.0995. The largest absolute Gasteiger partial charge is 0.392 e. The molecular weight excluding hydrogens is 310 g/mol. The van der Waals surface area contributed by atoms with E-state index in [2.05, 4.69) is 52.3 Å². The van der Waals surface area contributed by atoms with Crippen LogP contribution >= 0.6 is 27.3 Å². The van der Waals surface area contributed by atoms with E-state index in [1.807, 2.05) is 12.1 Å². The quantitative estimate of drug-likeness (QED) is 0.920. The van der Waals surface area contributed by atoms with Crippen molar-refractivity contribution >= 4 is 33.0 Å². The monoisotopic (exact) mass is 325 g/mol. The molecule has 1 aromatic carbocycles. The van der Waals surface area contributed by atoms with Crippen molar-refractivity contribution in [2.45, 2.75) is 20.1 Å². The first kappa shape index (κ1) is 13.6. The zero-order valence-electron chi connectivity index (χ0n) is 10.5. The zero-order chi connectivity index (χ0) is 13.1. The van der Waals surface area contributed by atoms with Crippen LogP contribution in [0.25, 0.3) is 0 Å². The summed E-state index contributed by atoms with van der Waals surface area (Å²) in [7, 11) is 2.09. The highest BCUT2D eigenvalue weighted by atomic mass is 79.9. The van der Waals surface area contributed by atoms with Crippen LogP contribution in [-0.4, -0.2) is 12.2 Å². The Morgan fingerprint density at radius 2 is 2.06 bits per heavy atom. The average Bonchev–Trinajstić information content (AvgIpc) is 2.74. The molecule has 1 aromatic heterocycles. The lowest BCUT2D eigenvalue weighted by Gasteiger charge is -2.21. The minimum atomic E-state index is 0.0995. The first-order valence-corrected chi connectivity index (χ1v) is 7.42. The molecule has 96 valence electrons. The van der Waals surface area contributed by atoms with Gasteiger partial charge < -0.3 is 10.0 Å². The van der Waals surface area contributed by atoms with E-state index >= 15 is 0 Å². The molecule has 0 aliphatic carbocycles. The Bertz CT molecular complexity index is 538. The lowest BCUT2D eigenvalue weighted by Crippen LogP contribution is -2.17. The van der Waals surface area contributed by atoms with E-state index in [1.165, 1.54) is 20.6 Å². The molecule has 1 N–H and O–H groups in total. The van der Waals surface area contributed by atoms with Gasteiger partial charge in [-0.1, -0.05) is 12.1 Å². The Labute approximate surface area is 120 Å². The van der Waals surface area contributed by atoms with Crippen molar-refractivity contribution in [2.75, 3.05) is 11.9 Å². The van der Waals surface area contributed by atoms with Gasteiger partial charge in [-0.25, -0.2) is 0 Å². The molecule has 0 saturated heterocycles. The summed E-state index contributed by atoms with van der Waals surface area (Å²) in [4.78, 5) is 2.23. The van der Waals surface area contributed by atoms with Gasteiger partial charge in [-0.2, -0.15) is 0 Å². The summed E-state index contributed by atoms with van der Waals surface area (Å²) in [5, 5.41) is 11.3. The van der Waals surface area contributed by atoms with E-state index < -0.39 is 0 Å². The van der Waals surface area contributed by atoms with Gasteiger partial charge in [-0.3, -0.25) is 0 Å². The molecule has 18 heavy (non-hydrogen) atoms. The number of hydrogen-bond acceptors (Lipinski definition) is 3. The van der Waals surface area contributed by atoms with Crippen LogP contribution in [0, 0.1) is 6.92 Å². The molecular formula is C14H16BrNOS. The molecule has 0 aliphatic rings. The molecule has 0 radical (unpaired) electrons. The highest BCUT2D eigenvalue weighted by Gasteiger charge is 2.07. The molecule has 0 unspecified atom stereocenters. The highest BCUT2D eigenvalue weighted by Crippen LogP contribution is 2.25. The van der Waals surface area contributed by atoms with Crippen LogP contribution < -0.4 is 4.90 Å². The lowest BCUT2D eigenvalue weighted by atomic mass is 10.1. The topological polar surface area (TPSA) is 23.5 Å². The first-order chi connectivity index (χ1) is 8.60. The number of aliphatic hydroxyl groups excluding tert-OH is 1. The molecule has 2 aromatic rings. The summed E-state index contributed by atoms with van der Waals surface area (Å²) < 4.78 is 1.17. The molecule has 0 amide bonds. The van der Waals surface area contributed by atoms with E-state index in [0.29, 0.717) is 0 Å². The molecule has 0 aliphatic heterocycles. The number of hydrogen-bond donors (Lipinski definition) is 1. The molecule has 4 heteroatoms. The fourth-order valence-corrected chi connectivity index (χ4v) is 3.23. The van der Waals surface area contributed by atoms with E-state index in [1.54, 1.807) is 11.3 Å². The van der Waals surface area contributed by atoms with Gasteiger partial charge in [0.2, 0.25) is 0 Å². The fraction of sp³-hybridized carbons (Fsp3) is 0.286. The maximum Gasteiger partial charge on any atom is 0.0701 e. The molecule has 0 saturated carbocycles. The molecule has 0 fully saturated rings. The maximum absolute atomic E-state index is 9.11. The lowest BCUT2D eigenvalue weighted by molar-refractivity contribution is 0.282. The Morgan fingerprint density at radius 1 is 1.28 bits per heavy atom. The van der Waals surface area contributed by atoms with Crippen LogP contribution in [-0.2, 0) is 13.2 Å². The SMILES string of the molecule is Cc1cc(CO)ccc1N(C)Cc1csc(Br)c1. The minimum Gasteiger partial charge on any atom is -0.392 e. The second-order valence-corrected chi connectivity index (χ2v) is 6.68.